The molecule has 0 bridgehead atoms. The molecule has 1 rings (SSSR count). The SMILES string of the molecule is CCOC(C)Oc1ccc([Si]OC)c(OC(C)C(C)CC)c1. The molecule has 0 saturated carbocycles. The Kier molecular flexibility index (Phi) is 8.53. The van der Waals surface area contributed by atoms with Gasteiger partial charge in [0.2, 0.25) is 0 Å². The van der Waals surface area contributed by atoms with Crippen LogP contribution in [0.4, 0.5) is 0 Å². The van der Waals surface area contributed by atoms with Gasteiger partial charge in [0.1, 0.15) is 11.5 Å². The summed E-state index contributed by atoms with van der Waals surface area (Å²) in [6.45, 7) is 10.9. The lowest BCUT2D eigenvalue weighted by atomic mass is 10.0. The van der Waals surface area contributed by atoms with Gasteiger partial charge in [-0.25, -0.2) is 0 Å². The molecule has 0 saturated heterocycles. The highest BCUT2D eigenvalue weighted by molar-refractivity contribution is 6.48. The smallest absolute Gasteiger partial charge is 0.272 e. The summed E-state index contributed by atoms with van der Waals surface area (Å²) in [5.41, 5.74) is 0. The number of rotatable bonds is 10. The molecule has 2 radical (unpaired) electrons. The Bertz CT molecular complexity index is 439. The van der Waals surface area contributed by atoms with E-state index in [-0.39, 0.29) is 22.2 Å². The lowest BCUT2D eigenvalue weighted by molar-refractivity contribution is -0.0614. The molecule has 4 nitrogen and oxygen atoms in total. The number of ether oxygens (including phenoxy) is 3. The van der Waals surface area contributed by atoms with Crippen molar-refractivity contribution in [2.75, 3.05) is 13.7 Å². The Morgan fingerprint density at radius 2 is 1.82 bits per heavy atom. The van der Waals surface area contributed by atoms with Gasteiger partial charge < -0.3 is 18.6 Å². The van der Waals surface area contributed by atoms with E-state index in [0.717, 1.165) is 23.1 Å². The normalized spacial score (nSPS) is 15.2. The fourth-order valence-electron chi connectivity index (χ4n) is 1.98. The van der Waals surface area contributed by atoms with Gasteiger partial charge in [-0.05, 0) is 32.8 Å². The fourth-order valence-corrected chi connectivity index (χ4v) is 2.58. The molecule has 0 aromatic heterocycles. The van der Waals surface area contributed by atoms with E-state index in [4.69, 9.17) is 18.6 Å². The van der Waals surface area contributed by atoms with Crippen LogP contribution in [0.2, 0.25) is 0 Å². The van der Waals surface area contributed by atoms with Gasteiger partial charge in [0.05, 0.1) is 6.10 Å². The summed E-state index contributed by atoms with van der Waals surface area (Å²) >= 11 is 0. The molecule has 0 N–H and O–H groups in total. The summed E-state index contributed by atoms with van der Waals surface area (Å²) < 4.78 is 22.6. The topological polar surface area (TPSA) is 36.9 Å². The second-order valence-electron chi connectivity index (χ2n) is 5.31. The van der Waals surface area contributed by atoms with E-state index >= 15 is 0 Å². The maximum atomic E-state index is 6.14. The molecule has 0 amide bonds. The van der Waals surface area contributed by atoms with Crippen molar-refractivity contribution in [3.05, 3.63) is 18.2 Å². The second-order valence-corrected chi connectivity index (χ2v) is 6.46. The van der Waals surface area contributed by atoms with Gasteiger partial charge in [-0.3, -0.25) is 0 Å². The zero-order chi connectivity index (χ0) is 16.5. The fraction of sp³-hybridized carbons (Fsp3) is 0.647. The van der Waals surface area contributed by atoms with Crippen LogP contribution < -0.4 is 14.7 Å². The molecule has 0 fully saturated rings. The minimum absolute atomic E-state index is 0.143. The minimum Gasteiger partial charge on any atom is -0.490 e. The van der Waals surface area contributed by atoms with Gasteiger partial charge in [0.25, 0.3) is 9.76 Å². The van der Waals surface area contributed by atoms with Crippen LogP contribution in [0.1, 0.15) is 41.0 Å². The maximum Gasteiger partial charge on any atom is 0.272 e. The molecular formula is C17H28O4Si. The largest absolute Gasteiger partial charge is 0.490 e. The Morgan fingerprint density at radius 3 is 2.41 bits per heavy atom. The minimum atomic E-state index is -0.277. The van der Waals surface area contributed by atoms with Gasteiger partial charge in [-0.1, -0.05) is 26.3 Å². The van der Waals surface area contributed by atoms with Crippen LogP contribution in [0.3, 0.4) is 0 Å². The monoisotopic (exact) mass is 324 g/mol. The first-order valence-corrected chi connectivity index (χ1v) is 8.80. The lowest BCUT2D eigenvalue weighted by Crippen LogP contribution is -2.27. The van der Waals surface area contributed by atoms with Crippen molar-refractivity contribution in [2.24, 2.45) is 5.92 Å². The molecule has 0 heterocycles. The Morgan fingerprint density at radius 1 is 1.09 bits per heavy atom. The van der Waals surface area contributed by atoms with E-state index in [2.05, 4.69) is 20.8 Å². The van der Waals surface area contributed by atoms with Crippen molar-refractivity contribution < 1.29 is 18.6 Å². The summed E-state index contributed by atoms with van der Waals surface area (Å²) in [4.78, 5) is 0. The van der Waals surface area contributed by atoms with Gasteiger partial charge >= 0.3 is 0 Å². The van der Waals surface area contributed by atoms with E-state index < -0.39 is 0 Å². The average Bonchev–Trinajstić information content (AvgIpc) is 2.49. The van der Waals surface area contributed by atoms with Crippen LogP contribution in [0, 0.1) is 5.92 Å². The van der Waals surface area contributed by atoms with E-state index in [1.54, 1.807) is 7.11 Å². The maximum absolute atomic E-state index is 6.14. The summed E-state index contributed by atoms with van der Waals surface area (Å²) in [5.74, 6) is 2.07. The molecule has 0 aliphatic carbocycles. The van der Waals surface area contributed by atoms with Crippen molar-refractivity contribution >= 4 is 14.9 Å². The van der Waals surface area contributed by atoms with Crippen molar-refractivity contribution in [1.29, 1.82) is 0 Å². The van der Waals surface area contributed by atoms with Crippen LogP contribution in [-0.2, 0) is 9.16 Å². The molecule has 1 aromatic carbocycles. The van der Waals surface area contributed by atoms with E-state index in [9.17, 15) is 0 Å². The van der Waals surface area contributed by atoms with Gasteiger partial charge in [0, 0.05) is 25.0 Å². The molecule has 3 atom stereocenters. The van der Waals surface area contributed by atoms with Crippen LogP contribution in [-0.4, -0.2) is 35.9 Å². The van der Waals surface area contributed by atoms with Crippen LogP contribution in [0.15, 0.2) is 18.2 Å². The summed E-state index contributed by atoms with van der Waals surface area (Å²) in [6, 6.07) is 5.85. The first kappa shape index (κ1) is 19.0. The molecule has 0 aliphatic rings. The average molecular weight is 324 g/mol. The molecule has 5 heteroatoms. The molecule has 1 aromatic rings. The number of hydrogen-bond donors (Lipinski definition) is 0. The number of hydrogen-bond acceptors (Lipinski definition) is 4. The Balaban J connectivity index is 2.89. The Hall–Kier alpha value is -1.04. The molecule has 0 aliphatic heterocycles. The predicted molar refractivity (Wildman–Crippen MR) is 90.1 cm³/mol. The highest BCUT2D eigenvalue weighted by Crippen LogP contribution is 2.22. The highest BCUT2D eigenvalue weighted by atomic mass is 28.2. The molecular weight excluding hydrogens is 296 g/mol. The predicted octanol–water partition coefficient (Wildman–Crippen LogP) is 3.15. The first-order chi connectivity index (χ1) is 10.5. The van der Waals surface area contributed by atoms with Crippen molar-refractivity contribution in [3.8, 4) is 11.5 Å². The summed E-state index contributed by atoms with van der Waals surface area (Å²) in [6.07, 6.45) is 0.950. The van der Waals surface area contributed by atoms with Crippen molar-refractivity contribution in [1.82, 2.24) is 0 Å². The Labute approximate surface area is 137 Å². The zero-order valence-electron chi connectivity index (χ0n) is 14.5. The lowest BCUT2D eigenvalue weighted by Gasteiger charge is -2.23. The summed E-state index contributed by atoms with van der Waals surface area (Å²) in [5, 5.41) is 1.05. The van der Waals surface area contributed by atoms with Gasteiger partial charge in [0.15, 0.2) is 6.29 Å². The van der Waals surface area contributed by atoms with Gasteiger partial charge in [-0.15, -0.1) is 0 Å². The quantitative estimate of drug-likeness (QED) is 0.489. The molecule has 3 unspecified atom stereocenters. The first-order valence-electron chi connectivity index (χ1n) is 7.89. The summed E-state index contributed by atoms with van der Waals surface area (Å²) in [7, 11) is 1.96. The van der Waals surface area contributed by atoms with E-state index in [0.29, 0.717) is 12.5 Å². The number of benzene rings is 1. The third-order valence-corrected chi connectivity index (χ3v) is 4.46. The van der Waals surface area contributed by atoms with Crippen LogP contribution >= 0.6 is 0 Å². The van der Waals surface area contributed by atoms with Gasteiger partial charge in [-0.2, -0.15) is 0 Å². The second kappa shape index (κ2) is 9.87. The third kappa shape index (κ3) is 5.99. The van der Waals surface area contributed by atoms with Crippen molar-refractivity contribution in [3.63, 3.8) is 0 Å². The van der Waals surface area contributed by atoms with E-state index in [1.165, 1.54) is 0 Å². The van der Waals surface area contributed by atoms with Crippen molar-refractivity contribution in [2.45, 2.75) is 53.4 Å². The third-order valence-electron chi connectivity index (χ3n) is 3.63. The standard InChI is InChI=1S/C17H28O4Si/c1-7-12(3)13(4)20-16-11-15(21-14(5)19-8-2)9-10-17(16)22-18-6/h9-14H,7-8H2,1-6H3. The molecule has 124 valence electrons. The van der Waals surface area contributed by atoms with Crippen LogP contribution in [0.25, 0.3) is 0 Å². The molecule has 0 spiro atoms. The highest BCUT2D eigenvalue weighted by Gasteiger charge is 2.16. The van der Waals surface area contributed by atoms with E-state index in [1.807, 2.05) is 32.0 Å². The van der Waals surface area contributed by atoms with Crippen LogP contribution in [0.5, 0.6) is 11.5 Å². The molecule has 22 heavy (non-hydrogen) atoms. The zero-order valence-corrected chi connectivity index (χ0v) is 15.5.